The highest BCUT2D eigenvalue weighted by Crippen LogP contribution is 2.38. The SMILES string of the molecule is C/C(N)=C(\c1cnc2c3cc(Cl)c(C(C)(C)O)cc3n(CC3CCOCC3)c2c1)N(C)N. The van der Waals surface area contributed by atoms with Gasteiger partial charge in [0.05, 0.1) is 27.8 Å². The molecule has 0 atom stereocenters. The van der Waals surface area contributed by atoms with Crippen LogP contribution in [0.4, 0.5) is 0 Å². The van der Waals surface area contributed by atoms with Crippen LogP contribution in [0.1, 0.15) is 44.7 Å². The molecule has 3 heterocycles. The summed E-state index contributed by atoms with van der Waals surface area (Å²) in [4.78, 5) is 4.80. The first-order valence-corrected chi connectivity index (χ1v) is 11.3. The summed E-state index contributed by atoms with van der Waals surface area (Å²) in [6.07, 6.45) is 3.82. The predicted octanol–water partition coefficient (Wildman–Crippen LogP) is 3.95. The molecule has 0 unspecified atom stereocenters. The third kappa shape index (κ3) is 4.18. The molecule has 0 saturated carbocycles. The molecule has 0 radical (unpaired) electrons. The molecule has 1 aliphatic heterocycles. The van der Waals surface area contributed by atoms with Crippen molar-refractivity contribution in [1.82, 2.24) is 14.6 Å². The third-order valence-corrected chi connectivity index (χ3v) is 6.54. The molecule has 1 saturated heterocycles. The van der Waals surface area contributed by atoms with Crippen LogP contribution < -0.4 is 11.6 Å². The Hall–Kier alpha value is -2.32. The van der Waals surface area contributed by atoms with E-state index in [1.165, 1.54) is 5.01 Å². The minimum absolute atomic E-state index is 0.496. The lowest BCUT2D eigenvalue weighted by atomic mass is 9.97. The quantitative estimate of drug-likeness (QED) is 0.396. The lowest BCUT2D eigenvalue weighted by molar-refractivity contribution is 0.0619. The van der Waals surface area contributed by atoms with Crippen molar-refractivity contribution < 1.29 is 9.84 Å². The van der Waals surface area contributed by atoms with Crippen LogP contribution in [-0.2, 0) is 16.9 Å². The molecule has 2 aromatic heterocycles. The fourth-order valence-corrected chi connectivity index (χ4v) is 5.06. The zero-order valence-corrected chi connectivity index (χ0v) is 19.9. The van der Waals surface area contributed by atoms with Gasteiger partial charge < -0.3 is 25.2 Å². The predicted molar refractivity (Wildman–Crippen MR) is 130 cm³/mol. The van der Waals surface area contributed by atoms with E-state index in [9.17, 15) is 5.11 Å². The molecule has 8 heteroatoms. The largest absolute Gasteiger partial charge is 0.401 e. The summed E-state index contributed by atoms with van der Waals surface area (Å²) in [5.74, 6) is 6.56. The van der Waals surface area contributed by atoms with Crippen molar-refractivity contribution in [2.45, 2.75) is 45.8 Å². The molecule has 1 aliphatic rings. The Kier molecular flexibility index (Phi) is 6.11. The number of pyridine rings is 1. The highest BCUT2D eigenvalue weighted by atomic mass is 35.5. The fraction of sp³-hybridized carbons (Fsp3) is 0.458. The molecular formula is C24H32ClN5O2. The number of nitrogens with zero attached hydrogens (tertiary/aromatic N) is 3. The van der Waals surface area contributed by atoms with Crippen LogP contribution in [0.2, 0.25) is 5.02 Å². The van der Waals surface area contributed by atoms with Crippen LogP contribution in [0.5, 0.6) is 0 Å². The molecule has 32 heavy (non-hydrogen) atoms. The van der Waals surface area contributed by atoms with E-state index in [0.717, 1.165) is 65.8 Å². The maximum absolute atomic E-state index is 10.7. The number of hydrazine groups is 1. The van der Waals surface area contributed by atoms with Gasteiger partial charge in [-0.05, 0) is 57.7 Å². The van der Waals surface area contributed by atoms with Gasteiger partial charge in [-0.2, -0.15) is 0 Å². The summed E-state index contributed by atoms with van der Waals surface area (Å²) in [5, 5.41) is 13.7. The standard InChI is InChI=1S/C24H32ClN5O2/c1-14(26)23(29(4)27)16-9-21-22(28-12-16)17-10-19(25)18(24(2,3)31)11-20(17)30(21)13-15-5-7-32-8-6-15/h9-12,15,31H,5-8,13,26-27H2,1-4H3/b23-14-. The second-order valence-corrected chi connectivity index (χ2v) is 9.72. The number of aromatic nitrogens is 2. The first kappa shape index (κ1) is 22.9. The van der Waals surface area contributed by atoms with Crippen LogP contribution in [0.15, 0.2) is 30.1 Å². The van der Waals surface area contributed by atoms with E-state index >= 15 is 0 Å². The monoisotopic (exact) mass is 457 g/mol. The normalized spacial score (nSPS) is 16.6. The van der Waals surface area contributed by atoms with Gasteiger partial charge in [-0.25, -0.2) is 5.84 Å². The summed E-state index contributed by atoms with van der Waals surface area (Å²) in [6, 6.07) is 6.01. The van der Waals surface area contributed by atoms with E-state index in [-0.39, 0.29) is 0 Å². The number of hydrogen-bond donors (Lipinski definition) is 3. The fourth-order valence-electron chi connectivity index (χ4n) is 4.66. The second kappa shape index (κ2) is 8.56. The lowest BCUT2D eigenvalue weighted by Gasteiger charge is -2.24. The molecule has 0 bridgehead atoms. The maximum Gasteiger partial charge on any atom is 0.0960 e. The highest BCUT2D eigenvalue weighted by Gasteiger charge is 2.25. The summed E-state index contributed by atoms with van der Waals surface area (Å²) in [7, 11) is 1.77. The van der Waals surface area contributed by atoms with Crippen LogP contribution in [0.3, 0.4) is 0 Å². The highest BCUT2D eigenvalue weighted by molar-refractivity contribution is 6.32. The molecule has 1 aromatic carbocycles. The van der Waals surface area contributed by atoms with Crippen molar-refractivity contribution in [2.24, 2.45) is 17.5 Å². The van der Waals surface area contributed by atoms with E-state index in [0.29, 0.717) is 22.2 Å². The molecule has 172 valence electrons. The Morgan fingerprint density at radius 1 is 1.28 bits per heavy atom. The van der Waals surface area contributed by atoms with Gasteiger partial charge in [-0.15, -0.1) is 0 Å². The van der Waals surface area contributed by atoms with E-state index in [1.807, 2.05) is 19.1 Å². The zero-order chi connectivity index (χ0) is 23.2. The van der Waals surface area contributed by atoms with Crippen molar-refractivity contribution in [3.05, 3.63) is 46.2 Å². The minimum atomic E-state index is -1.06. The molecule has 0 amide bonds. The summed E-state index contributed by atoms with van der Waals surface area (Å²) in [5.41, 5.74) is 10.8. The smallest absolute Gasteiger partial charge is 0.0960 e. The average molecular weight is 458 g/mol. The van der Waals surface area contributed by atoms with Crippen LogP contribution in [0, 0.1) is 5.92 Å². The number of rotatable bonds is 5. The topological polar surface area (TPSA) is 103 Å². The van der Waals surface area contributed by atoms with Crippen LogP contribution >= 0.6 is 11.6 Å². The molecule has 4 rings (SSSR count). The molecule has 0 aliphatic carbocycles. The first-order chi connectivity index (χ1) is 15.1. The van der Waals surface area contributed by atoms with Crippen LogP contribution in [-0.4, -0.2) is 39.9 Å². The van der Waals surface area contributed by atoms with Gasteiger partial charge in [-0.1, -0.05) is 11.6 Å². The molecule has 0 spiro atoms. The molecule has 3 aromatic rings. The first-order valence-electron chi connectivity index (χ1n) is 10.9. The van der Waals surface area contributed by atoms with Crippen molar-refractivity contribution in [2.75, 3.05) is 20.3 Å². The van der Waals surface area contributed by atoms with Crippen molar-refractivity contribution in [3.8, 4) is 0 Å². The lowest BCUT2D eigenvalue weighted by Crippen LogP contribution is -2.26. The maximum atomic E-state index is 10.7. The number of ether oxygens (including phenoxy) is 1. The van der Waals surface area contributed by atoms with Crippen LogP contribution in [0.25, 0.3) is 27.6 Å². The number of halogens is 1. The molecule has 5 N–H and O–H groups in total. The molecule has 7 nitrogen and oxygen atoms in total. The van der Waals surface area contributed by atoms with E-state index in [1.54, 1.807) is 27.1 Å². The Labute approximate surface area is 193 Å². The van der Waals surface area contributed by atoms with E-state index < -0.39 is 5.60 Å². The number of benzene rings is 1. The number of allylic oxidation sites excluding steroid dienone is 1. The van der Waals surface area contributed by atoms with E-state index in [4.69, 9.17) is 32.9 Å². The average Bonchev–Trinajstić information content (AvgIpc) is 2.99. The number of fused-ring (bicyclic) bond motifs is 3. The van der Waals surface area contributed by atoms with Crippen molar-refractivity contribution in [3.63, 3.8) is 0 Å². The summed E-state index contributed by atoms with van der Waals surface area (Å²) < 4.78 is 7.86. The molecule has 1 fully saturated rings. The van der Waals surface area contributed by atoms with Gasteiger partial charge in [0.2, 0.25) is 0 Å². The van der Waals surface area contributed by atoms with Crippen molar-refractivity contribution >= 4 is 39.2 Å². The van der Waals surface area contributed by atoms with Gasteiger partial charge in [0.15, 0.2) is 0 Å². The van der Waals surface area contributed by atoms with Gasteiger partial charge in [0.1, 0.15) is 0 Å². The number of nitrogens with two attached hydrogens (primary N) is 2. The van der Waals surface area contributed by atoms with Gasteiger partial charge in [0, 0.05) is 60.2 Å². The summed E-state index contributed by atoms with van der Waals surface area (Å²) in [6.45, 7) is 7.73. The Balaban J connectivity index is 1.99. The Bertz CT molecular complexity index is 1180. The minimum Gasteiger partial charge on any atom is -0.401 e. The van der Waals surface area contributed by atoms with Gasteiger partial charge in [-0.3, -0.25) is 4.98 Å². The number of aliphatic hydroxyl groups is 1. The Morgan fingerprint density at radius 2 is 1.97 bits per heavy atom. The van der Waals surface area contributed by atoms with Crippen molar-refractivity contribution in [1.29, 1.82) is 0 Å². The molecular weight excluding hydrogens is 426 g/mol. The van der Waals surface area contributed by atoms with Gasteiger partial charge in [0.25, 0.3) is 0 Å². The second-order valence-electron chi connectivity index (χ2n) is 9.31. The summed E-state index contributed by atoms with van der Waals surface area (Å²) >= 11 is 6.59. The zero-order valence-electron chi connectivity index (χ0n) is 19.2. The van der Waals surface area contributed by atoms with Gasteiger partial charge >= 0.3 is 0 Å². The van der Waals surface area contributed by atoms with E-state index in [2.05, 4.69) is 10.6 Å². The third-order valence-electron chi connectivity index (χ3n) is 6.23. The Morgan fingerprint density at radius 3 is 2.56 bits per heavy atom. The number of hydrogen-bond acceptors (Lipinski definition) is 6.